The predicted molar refractivity (Wildman–Crippen MR) is 135 cm³/mol. The van der Waals surface area contributed by atoms with Crippen LogP contribution in [0.2, 0.25) is 0 Å². The smallest absolute Gasteiger partial charge is 0.321 e. The Morgan fingerprint density at radius 1 is 0.971 bits per heavy atom. The van der Waals surface area contributed by atoms with Crippen LogP contribution in [-0.2, 0) is 13.0 Å². The molecular formula is C28H28FN3O2. The van der Waals surface area contributed by atoms with E-state index in [-0.39, 0.29) is 17.8 Å². The van der Waals surface area contributed by atoms with Crippen molar-refractivity contribution < 1.29 is 9.18 Å². The Balaban J connectivity index is 1.65. The summed E-state index contributed by atoms with van der Waals surface area (Å²) in [5, 5.41) is 3.60. The number of para-hydroxylation sites is 1. The molecule has 0 unspecified atom stereocenters. The number of anilines is 1. The maximum atomic E-state index is 14.2. The molecule has 2 amide bonds. The second kappa shape index (κ2) is 9.91. The van der Waals surface area contributed by atoms with Crippen LogP contribution in [0.4, 0.5) is 14.9 Å². The van der Waals surface area contributed by atoms with Gasteiger partial charge in [-0.15, -0.1) is 0 Å². The molecule has 174 valence electrons. The van der Waals surface area contributed by atoms with Gasteiger partial charge in [-0.2, -0.15) is 0 Å². The first-order chi connectivity index (χ1) is 16.3. The van der Waals surface area contributed by atoms with Gasteiger partial charge in [0.1, 0.15) is 5.82 Å². The number of halogens is 1. The van der Waals surface area contributed by atoms with E-state index in [1.54, 1.807) is 17.0 Å². The summed E-state index contributed by atoms with van der Waals surface area (Å²) in [6.45, 7) is 6.43. The van der Waals surface area contributed by atoms with Crippen LogP contribution in [-0.4, -0.2) is 22.5 Å². The van der Waals surface area contributed by atoms with Gasteiger partial charge in [0.05, 0.1) is 17.7 Å². The minimum absolute atomic E-state index is 0.102. The van der Waals surface area contributed by atoms with Crippen molar-refractivity contribution in [1.29, 1.82) is 0 Å². The van der Waals surface area contributed by atoms with Crippen molar-refractivity contribution in [3.63, 3.8) is 0 Å². The highest BCUT2D eigenvalue weighted by atomic mass is 19.1. The number of H-pyrrole nitrogens is 1. The summed E-state index contributed by atoms with van der Waals surface area (Å²) in [6.07, 6.45) is 0.607. The fraction of sp³-hybridized carbons (Fsp3) is 0.214. The van der Waals surface area contributed by atoms with Crippen molar-refractivity contribution in [3.05, 3.63) is 111 Å². The van der Waals surface area contributed by atoms with Crippen LogP contribution in [0.15, 0.2) is 71.5 Å². The molecule has 0 saturated carbocycles. The molecule has 0 radical (unpaired) electrons. The van der Waals surface area contributed by atoms with Gasteiger partial charge < -0.3 is 15.2 Å². The van der Waals surface area contributed by atoms with Gasteiger partial charge in [0.2, 0.25) is 0 Å². The fourth-order valence-corrected chi connectivity index (χ4v) is 4.08. The van der Waals surface area contributed by atoms with Gasteiger partial charge in [-0.05, 0) is 62.1 Å². The first kappa shape index (κ1) is 23.2. The van der Waals surface area contributed by atoms with Gasteiger partial charge in [-0.3, -0.25) is 4.79 Å². The van der Waals surface area contributed by atoms with E-state index in [9.17, 15) is 14.0 Å². The van der Waals surface area contributed by atoms with E-state index in [0.717, 1.165) is 33.2 Å². The number of aromatic nitrogens is 1. The summed E-state index contributed by atoms with van der Waals surface area (Å²) in [5.41, 5.74) is 5.40. The van der Waals surface area contributed by atoms with Gasteiger partial charge in [0, 0.05) is 17.5 Å². The number of amides is 2. The Labute approximate surface area is 198 Å². The van der Waals surface area contributed by atoms with Crippen LogP contribution in [0, 0.1) is 26.6 Å². The predicted octanol–water partition coefficient (Wildman–Crippen LogP) is 5.87. The molecule has 34 heavy (non-hydrogen) atoms. The monoisotopic (exact) mass is 457 g/mol. The Bertz CT molecular complexity index is 1410. The molecule has 0 aliphatic heterocycles. The highest BCUT2D eigenvalue weighted by Crippen LogP contribution is 2.21. The van der Waals surface area contributed by atoms with Crippen LogP contribution in [0.25, 0.3) is 10.9 Å². The number of urea groups is 1. The van der Waals surface area contributed by atoms with Crippen LogP contribution in [0.3, 0.4) is 0 Å². The van der Waals surface area contributed by atoms with Crippen molar-refractivity contribution in [2.45, 2.75) is 33.7 Å². The number of benzene rings is 3. The van der Waals surface area contributed by atoms with Gasteiger partial charge >= 0.3 is 6.03 Å². The summed E-state index contributed by atoms with van der Waals surface area (Å²) >= 11 is 0. The molecular weight excluding hydrogens is 429 g/mol. The summed E-state index contributed by atoms with van der Waals surface area (Å²) in [7, 11) is 0. The largest absolute Gasteiger partial charge is 0.322 e. The summed E-state index contributed by atoms with van der Waals surface area (Å²) in [5.74, 6) is -0.510. The molecule has 1 heterocycles. The first-order valence-electron chi connectivity index (χ1n) is 11.3. The van der Waals surface area contributed by atoms with E-state index < -0.39 is 11.8 Å². The minimum Gasteiger partial charge on any atom is -0.321 e. The number of aryl methyl sites for hydroxylation is 3. The molecule has 6 heteroatoms. The second-order valence-electron chi connectivity index (χ2n) is 8.68. The summed E-state index contributed by atoms with van der Waals surface area (Å²) in [4.78, 5) is 30.6. The number of hydrogen-bond donors (Lipinski definition) is 2. The normalized spacial score (nSPS) is 10.9. The Morgan fingerprint density at radius 2 is 1.74 bits per heavy atom. The van der Waals surface area contributed by atoms with E-state index in [2.05, 4.69) is 16.4 Å². The molecule has 0 saturated heterocycles. The lowest BCUT2D eigenvalue weighted by atomic mass is 10.0. The molecule has 0 spiro atoms. The van der Waals surface area contributed by atoms with Gasteiger partial charge in [0.25, 0.3) is 5.56 Å². The SMILES string of the molecule is Cc1cccc(CCN(Cc2cc3c(C)ccc(C)c3[nH]c2=O)C(=O)Nc2ccccc2F)c1. The average Bonchev–Trinajstić information content (AvgIpc) is 2.81. The number of aromatic amines is 1. The van der Waals surface area contributed by atoms with E-state index in [4.69, 9.17) is 0 Å². The molecule has 5 nitrogen and oxygen atoms in total. The number of carbonyl (C=O) groups excluding carboxylic acids is 1. The average molecular weight is 458 g/mol. The zero-order valence-electron chi connectivity index (χ0n) is 19.6. The molecule has 2 N–H and O–H groups in total. The molecule has 4 aromatic rings. The first-order valence-corrected chi connectivity index (χ1v) is 11.3. The maximum absolute atomic E-state index is 14.2. The summed E-state index contributed by atoms with van der Waals surface area (Å²) in [6, 6.07) is 19.5. The quantitative estimate of drug-likeness (QED) is 0.380. The Hall–Kier alpha value is -3.93. The van der Waals surface area contributed by atoms with E-state index in [0.29, 0.717) is 18.5 Å². The third-order valence-corrected chi connectivity index (χ3v) is 6.04. The number of hydrogen-bond acceptors (Lipinski definition) is 2. The highest BCUT2D eigenvalue weighted by molar-refractivity contribution is 5.89. The van der Waals surface area contributed by atoms with Crippen LogP contribution in [0.1, 0.15) is 27.8 Å². The summed E-state index contributed by atoms with van der Waals surface area (Å²) < 4.78 is 14.2. The lowest BCUT2D eigenvalue weighted by Gasteiger charge is -2.23. The zero-order valence-corrected chi connectivity index (χ0v) is 19.6. The number of carbonyl (C=O) groups is 1. The topological polar surface area (TPSA) is 65.2 Å². The molecule has 0 atom stereocenters. The fourth-order valence-electron chi connectivity index (χ4n) is 4.08. The maximum Gasteiger partial charge on any atom is 0.322 e. The number of nitrogens with zero attached hydrogens (tertiary/aromatic N) is 1. The molecule has 4 rings (SSSR count). The lowest BCUT2D eigenvalue weighted by Crippen LogP contribution is -2.37. The number of nitrogens with one attached hydrogen (secondary N) is 2. The molecule has 3 aromatic carbocycles. The molecule has 0 aliphatic carbocycles. The van der Waals surface area contributed by atoms with Gasteiger partial charge in [-0.25, -0.2) is 9.18 Å². The van der Waals surface area contributed by atoms with Crippen LogP contribution in [0.5, 0.6) is 0 Å². The number of pyridine rings is 1. The number of fused-ring (bicyclic) bond motifs is 1. The van der Waals surface area contributed by atoms with Crippen molar-refractivity contribution in [3.8, 4) is 0 Å². The van der Waals surface area contributed by atoms with E-state index >= 15 is 0 Å². The van der Waals surface area contributed by atoms with Crippen LogP contribution >= 0.6 is 0 Å². The van der Waals surface area contributed by atoms with Crippen LogP contribution < -0.4 is 10.9 Å². The van der Waals surface area contributed by atoms with Gasteiger partial charge in [-0.1, -0.05) is 54.1 Å². The molecule has 1 aromatic heterocycles. The minimum atomic E-state index is -0.510. The van der Waals surface area contributed by atoms with Crippen molar-refractivity contribution in [1.82, 2.24) is 9.88 Å². The lowest BCUT2D eigenvalue weighted by molar-refractivity contribution is 0.209. The van der Waals surface area contributed by atoms with Crippen molar-refractivity contribution >= 4 is 22.6 Å². The Kier molecular flexibility index (Phi) is 6.77. The van der Waals surface area contributed by atoms with Gasteiger partial charge in [0.15, 0.2) is 0 Å². The zero-order chi connectivity index (χ0) is 24.2. The third kappa shape index (κ3) is 5.17. The standard InChI is InChI=1S/C28H28FN3O2/c1-18-7-6-8-21(15-18)13-14-32(28(34)30-25-10-5-4-9-24(25)29)17-22-16-23-19(2)11-12-20(3)26(23)31-27(22)33/h4-12,15-16H,13-14,17H2,1-3H3,(H,30,34)(H,31,33). The molecule has 0 bridgehead atoms. The second-order valence-corrected chi connectivity index (χ2v) is 8.68. The van der Waals surface area contributed by atoms with Crippen molar-refractivity contribution in [2.24, 2.45) is 0 Å². The molecule has 0 aliphatic rings. The molecule has 0 fully saturated rings. The Morgan fingerprint density at radius 3 is 2.50 bits per heavy atom. The number of rotatable bonds is 6. The third-order valence-electron chi connectivity index (χ3n) is 6.04. The van der Waals surface area contributed by atoms with E-state index in [1.807, 2.05) is 57.2 Å². The van der Waals surface area contributed by atoms with Crippen molar-refractivity contribution in [2.75, 3.05) is 11.9 Å². The highest BCUT2D eigenvalue weighted by Gasteiger charge is 2.18. The van der Waals surface area contributed by atoms with E-state index in [1.165, 1.54) is 12.1 Å².